The second kappa shape index (κ2) is 6.58. The molecule has 2 aromatic heterocycles. The summed E-state index contributed by atoms with van der Waals surface area (Å²) in [4.78, 5) is 29.3. The number of fused-ring (bicyclic) bond motifs is 1. The van der Waals surface area contributed by atoms with Crippen LogP contribution in [0.3, 0.4) is 0 Å². The molecule has 0 radical (unpaired) electrons. The van der Waals surface area contributed by atoms with E-state index in [9.17, 15) is 18.0 Å². The predicted molar refractivity (Wildman–Crippen MR) is 99.9 cm³/mol. The number of aromatic nitrogens is 4. The van der Waals surface area contributed by atoms with Crippen LogP contribution in [0.25, 0.3) is 11.0 Å². The van der Waals surface area contributed by atoms with Crippen molar-refractivity contribution in [1.82, 2.24) is 19.3 Å². The molecule has 27 heavy (non-hydrogen) atoms. The maximum atomic E-state index is 12.7. The van der Waals surface area contributed by atoms with E-state index in [2.05, 4.69) is 10.1 Å². The largest absolute Gasteiger partial charge is 0.292 e. The summed E-state index contributed by atoms with van der Waals surface area (Å²) in [5, 5.41) is 4.95. The molecule has 0 saturated carbocycles. The van der Waals surface area contributed by atoms with E-state index in [4.69, 9.17) is 11.6 Å². The van der Waals surface area contributed by atoms with E-state index in [1.807, 2.05) is 0 Å². The van der Waals surface area contributed by atoms with Gasteiger partial charge in [0.25, 0.3) is 5.56 Å². The Hall–Kier alpha value is -2.52. The van der Waals surface area contributed by atoms with Gasteiger partial charge in [-0.2, -0.15) is 5.10 Å². The molecule has 1 fully saturated rings. The SMILES string of the molecule is O=C(Cn1cnc2c(cnn2C2CCS(=O)(=O)C2)c1=O)c1ccc(Cl)cc1. The van der Waals surface area contributed by atoms with Gasteiger partial charge >= 0.3 is 0 Å². The van der Waals surface area contributed by atoms with Crippen molar-refractivity contribution in [2.24, 2.45) is 0 Å². The third-order valence-electron chi connectivity index (χ3n) is 4.61. The van der Waals surface area contributed by atoms with Crippen molar-refractivity contribution in [3.05, 3.63) is 57.7 Å². The molecule has 1 saturated heterocycles. The van der Waals surface area contributed by atoms with Crippen LogP contribution in [0.1, 0.15) is 22.8 Å². The first-order valence-electron chi connectivity index (χ1n) is 8.26. The highest BCUT2D eigenvalue weighted by molar-refractivity contribution is 7.91. The van der Waals surface area contributed by atoms with Gasteiger partial charge in [-0.05, 0) is 30.7 Å². The summed E-state index contributed by atoms with van der Waals surface area (Å²) in [7, 11) is -3.08. The van der Waals surface area contributed by atoms with Crippen LogP contribution in [-0.2, 0) is 16.4 Å². The molecule has 0 N–H and O–H groups in total. The van der Waals surface area contributed by atoms with Crippen molar-refractivity contribution in [3.8, 4) is 0 Å². The van der Waals surface area contributed by atoms with Gasteiger partial charge < -0.3 is 0 Å². The number of Topliss-reactive ketones (excluding diaryl/α,β-unsaturated/α-hetero) is 1. The Morgan fingerprint density at radius 3 is 2.67 bits per heavy atom. The molecular formula is C17H15ClN4O4S. The standard InChI is InChI=1S/C17H15ClN4O4S/c18-12-3-1-11(2-4-12)15(23)8-21-10-19-16-14(17(21)24)7-20-22(16)13-5-6-27(25,26)9-13/h1-4,7,10,13H,5-6,8-9H2. The Bertz CT molecular complexity index is 1200. The molecule has 1 atom stereocenters. The Kier molecular flexibility index (Phi) is 4.35. The van der Waals surface area contributed by atoms with E-state index in [-0.39, 0.29) is 35.3 Å². The number of carbonyl (C=O) groups excluding carboxylic acids is 1. The van der Waals surface area contributed by atoms with Crippen LogP contribution in [0.4, 0.5) is 0 Å². The molecule has 140 valence electrons. The quantitative estimate of drug-likeness (QED) is 0.608. The van der Waals surface area contributed by atoms with Gasteiger partial charge in [-0.15, -0.1) is 0 Å². The normalized spacial score (nSPS) is 18.8. The van der Waals surface area contributed by atoms with Crippen LogP contribution >= 0.6 is 11.6 Å². The molecule has 10 heteroatoms. The molecule has 1 unspecified atom stereocenters. The first-order valence-corrected chi connectivity index (χ1v) is 10.5. The summed E-state index contributed by atoms with van der Waals surface area (Å²) in [5.74, 6) is -0.154. The molecule has 0 spiro atoms. The molecule has 4 rings (SSSR count). The average Bonchev–Trinajstić information content (AvgIpc) is 3.21. The third kappa shape index (κ3) is 3.40. The highest BCUT2D eigenvalue weighted by Crippen LogP contribution is 2.25. The van der Waals surface area contributed by atoms with Crippen LogP contribution in [0, 0.1) is 0 Å². The lowest BCUT2D eigenvalue weighted by molar-refractivity contribution is 0.0970. The van der Waals surface area contributed by atoms with Crippen molar-refractivity contribution < 1.29 is 13.2 Å². The van der Waals surface area contributed by atoms with Crippen molar-refractivity contribution in [1.29, 1.82) is 0 Å². The Morgan fingerprint density at radius 1 is 1.26 bits per heavy atom. The molecule has 0 aliphatic carbocycles. The molecule has 0 amide bonds. The van der Waals surface area contributed by atoms with E-state index in [1.165, 1.54) is 21.8 Å². The first-order chi connectivity index (χ1) is 12.8. The number of hydrogen-bond donors (Lipinski definition) is 0. The maximum absolute atomic E-state index is 12.7. The lowest BCUT2D eigenvalue weighted by Gasteiger charge is -2.10. The molecule has 3 aromatic rings. The van der Waals surface area contributed by atoms with Crippen molar-refractivity contribution in [3.63, 3.8) is 0 Å². The second-order valence-corrected chi connectivity index (χ2v) is 9.16. The zero-order chi connectivity index (χ0) is 19.2. The van der Waals surface area contributed by atoms with E-state index < -0.39 is 15.4 Å². The smallest absolute Gasteiger partial charge is 0.264 e. The van der Waals surface area contributed by atoms with E-state index >= 15 is 0 Å². The fourth-order valence-corrected chi connectivity index (χ4v) is 5.01. The van der Waals surface area contributed by atoms with Crippen LogP contribution in [-0.4, -0.2) is 45.0 Å². The summed E-state index contributed by atoms with van der Waals surface area (Å²) >= 11 is 5.82. The molecule has 0 bridgehead atoms. The van der Waals surface area contributed by atoms with E-state index in [0.29, 0.717) is 22.7 Å². The van der Waals surface area contributed by atoms with Gasteiger partial charge in [0, 0.05) is 10.6 Å². The molecule has 1 aromatic carbocycles. The number of hydrogen-bond acceptors (Lipinski definition) is 6. The van der Waals surface area contributed by atoms with Gasteiger partial charge in [-0.1, -0.05) is 11.6 Å². The molecule has 1 aliphatic rings. The Labute approximate surface area is 159 Å². The number of sulfone groups is 1. The number of ketones is 1. The zero-order valence-corrected chi connectivity index (χ0v) is 15.7. The zero-order valence-electron chi connectivity index (χ0n) is 14.1. The van der Waals surface area contributed by atoms with Gasteiger partial charge in [-0.3, -0.25) is 14.2 Å². The number of halogens is 1. The van der Waals surface area contributed by atoms with Gasteiger partial charge in [0.1, 0.15) is 11.7 Å². The lowest BCUT2D eigenvalue weighted by atomic mass is 10.1. The molecule has 1 aliphatic heterocycles. The van der Waals surface area contributed by atoms with E-state index in [1.54, 1.807) is 24.3 Å². The highest BCUT2D eigenvalue weighted by atomic mass is 35.5. The monoisotopic (exact) mass is 406 g/mol. The molecule has 8 nitrogen and oxygen atoms in total. The number of carbonyl (C=O) groups is 1. The predicted octanol–water partition coefficient (Wildman–Crippen LogP) is 1.49. The first kappa shape index (κ1) is 17.9. The Balaban J connectivity index is 1.64. The van der Waals surface area contributed by atoms with Gasteiger partial charge in [0.05, 0.1) is 30.3 Å². The van der Waals surface area contributed by atoms with Crippen molar-refractivity contribution in [2.75, 3.05) is 11.5 Å². The van der Waals surface area contributed by atoms with Gasteiger partial charge in [0.2, 0.25) is 0 Å². The van der Waals surface area contributed by atoms with Gasteiger partial charge in [-0.25, -0.2) is 18.1 Å². The Morgan fingerprint density at radius 2 is 2.00 bits per heavy atom. The fraction of sp³-hybridized carbons (Fsp3) is 0.294. The van der Waals surface area contributed by atoms with E-state index in [0.717, 1.165) is 0 Å². The summed E-state index contributed by atoms with van der Waals surface area (Å²) in [5.41, 5.74) is 0.380. The minimum absolute atomic E-state index is 0.0103. The summed E-state index contributed by atoms with van der Waals surface area (Å²) in [6.45, 7) is -0.160. The molecule has 3 heterocycles. The van der Waals surface area contributed by atoms with Gasteiger partial charge in [0.15, 0.2) is 21.3 Å². The summed E-state index contributed by atoms with van der Waals surface area (Å²) in [6, 6.07) is 6.09. The number of rotatable bonds is 4. The van der Waals surface area contributed by atoms with Crippen LogP contribution in [0.15, 0.2) is 41.6 Å². The minimum Gasteiger partial charge on any atom is -0.292 e. The molecular weight excluding hydrogens is 392 g/mol. The second-order valence-electron chi connectivity index (χ2n) is 6.49. The summed E-state index contributed by atoms with van der Waals surface area (Å²) in [6.07, 6.45) is 3.11. The summed E-state index contributed by atoms with van der Waals surface area (Å²) < 4.78 is 26.1. The minimum atomic E-state index is -3.08. The topological polar surface area (TPSA) is 104 Å². The third-order valence-corrected chi connectivity index (χ3v) is 6.62. The number of benzene rings is 1. The maximum Gasteiger partial charge on any atom is 0.264 e. The van der Waals surface area contributed by atoms with Crippen LogP contribution in [0.5, 0.6) is 0 Å². The van der Waals surface area contributed by atoms with Crippen LogP contribution in [0.2, 0.25) is 5.02 Å². The fourth-order valence-electron chi connectivity index (χ4n) is 3.20. The lowest BCUT2D eigenvalue weighted by Crippen LogP contribution is -2.25. The van der Waals surface area contributed by atoms with Crippen LogP contribution < -0.4 is 5.56 Å². The van der Waals surface area contributed by atoms with Crippen molar-refractivity contribution in [2.45, 2.75) is 19.0 Å². The van der Waals surface area contributed by atoms with Crippen molar-refractivity contribution >= 4 is 38.3 Å². The average molecular weight is 407 g/mol. The number of nitrogens with zero attached hydrogens (tertiary/aromatic N) is 4. The highest BCUT2D eigenvalue weighted by Gasteiger charge is 2.31.